The van der Waals surface area contributed by atoms with E-state index in [1.165, 1.54) is 0 Å². The monoisotopic (exact) mass is 268 g/mol. The number of Topliss-reactive ketones (excluding diaryl/α,β-unsaturated/α-hetero) is 1. The zero-order valence-corrected chi connectivity index (χ0v) is 9.65. The predicted molar refractivity (Wildman–Crippen MR) is 58.9 cm³/mol. The number of rotatable bonds is 3. The number of nitrogens with zero attached hydrogens (tertiary/aromatic N) is 3. The van der Waals surface area contributed by atoms with Crippen molar-refractivity contribution in [2.24, 2.45) is 0 Å². The molecular weight excluding hydrogens is 260 g/mol. The predicted octanol–water partition coefficient (Wildman–Crippen LogP) is 0.894. The molecule has 2 aromatic heterocycles. The Labute approximate surface area is 94.7 Å². The molecule has 78 valence electrons. The van der Waals surface area contributed by atoms with Crippen molar-refractivity contribution in [2.45, 2.75) is 0 Å². The van der Waals surface area contributed by atoms with E-state index >= 15 is 0 Å². The van der Waals surface area contributed by atoms with Gasteiger partial charge in [0.15, 0.2) is 11.4 Å². The topological polar surface area (TPSA) is 59.3 Å². The van der Waals surface area contributed by atoms with Gasteiger partial charge in [-0.1, -0.05) is 0 Å². The summed E-state index contributed by atoms with van der Waals surface area (Å²) in [5.74, 6) is -0.0342. The lowest BCUT2D eigenvalue weighted by Gasteiger charge is -1.92. The van der Waals surface area contributed by atoms with Crippen molar-refractivity contribution in [3.05, 3.63) is 28.9 Å². The molecule has 2 rings (SSSR count). The minimum Gasteiger partial charge on any atom is -0.313 e. The molecule has 0 aromatic carbocycles. The highest BCUT2D eigenvalue weighted by atomic mass is 79.9. The molecule has 0 unspecified atom stereocenters. The second-order valence-electron chi connectivity index (χ2n) is 3.03. The first-order valence-corrected chi connectivity index (χ1v) is 5.18. The fourth-order valence-electron chi connectivity index (χ4n) is 1.27. The smallest absolute Gasteiger partial charge is 0.196 e. The molecule has 0 spiro atoms. The van der Waals surface area contributed by atoms with Crippen LogP contribution >= 0.6 is 15.9 Å². The Balaban J connectivity index is 2.47. The molecule has 5 nitrogen and oxygen atoms in total. The van der Waals surface area contributed by atoms with Gasteiger partial charge in [0.05, 0.1) is 6.54 Å². The van der Waals surface area contributed by atoms with Gasteiger partial charge in [0.25, 0.3) is 0 Å². The molecule has 0 radical (unpaired) electrons. The molecule has 6 heteroatoms. The van der Waals surface area contributed by atoms with Crippen LogP contribution in [0.15, 0.2) is 23.2 Å². The maximum absolute atomic E-state index is 11.6. The summed E-state index contributed by atoms with van der Waals surface area (Å²) in [5.41, 5.74) is 1.09. The third-order valence-electron chi connectivity index (χ3n) is 1.95. The highest BCUT2D eigenvalue weighted by Gasteiger charge is 2.11. The van der Waals surface area contributed by atoms with Crippen LogP contribution in [0.25, 0.3) is 5.65 Å². The first-order chi connectivity index (χ1) is 7.22. The Bertz CT molecular complexity index is 508. The average Bonchev–Trinajstić information content (AvgIpc) is 2.63. The minimum atomic E-state index is -0.0342. The van der Waals surface area contributed by atoms with Crippen LogP contribution in [-0.4, -0.2) is 33.7 Å². The van der Waals surface area contributed by atoms with Crippen LogP contribution in [0.5, 0.6) is 0 Å². The summed E-state index contributed by atoms with van der Waals surface area (Å²) in [6.07, 6.45) is 5.09. The maximum Gasteiger partial charge on any atom is 0.196 e. The molecule has 0 aliphatic rings. The number of likely N-dealkylation sites (N-methyl/N-ethyl adjacent to an activating group) is 1. The van der Waals surface area contributed by atoms with E-state index in [1.54, 1.807) is 30.0 Å². The van der Waals surface area contributed by atoms with Crippen LogP contribution in [-0.2, 0) is 0 Å². The van der Waals surface area contributed by atoms with Gasteiger partial charge < -0.3 is 9.72 Å². The zero-order chi connectivity index (χ0) is 10.8. The van der Waals surface area contributed by atoms with Gasteiger partial charge in [-0.05, 0) is 23.0 Å². The lowest BCUT2D eigenvalue weighted by atomic mass is 10.3. The van der Waals surface area contributed by atoms with E-state index in [-0.39, 0.29) is 12.3 Å². The Hall–Kier alpha value is -1.27. The molecule has 0 aliphatic heterocycles. The Morgan fingerprint density at radius 2 is 2.47 bits per heavy atom. The van der Waals surface area contributed by atoms with Crippen molar-refractivity contribution >= 4 is 27.4 Å². The summed E-state index contributed by atoms with van der Waals surface area (Å²) in [4.78, 5) is 19.8. The van der Waals surface area contributed by atoms with Crippen LogP contribution in [0.2, 0.25) is 0 Å². The molecular formula is C9H9BrN4O. The molecule has 0 saturated heterocycles. The first kappa shape index (κ1) is 10.3. The zero-order valence-electron chi connectivity index (χ0n) is 8.07. The number of halogens is 1. The Kier molecular flexibility index (Phi) is 2.79. The van der Waals surface area contributed by atoms with Gasteiger partial charge in [-0.3, -0.25) is 4.79 Å². The number of nitrogens with one attached hydrogen (secondary N) is 1. The number of ketones is 1. The van der Waals surface area contributed by atoms with E-state index in [2.05, 4.69) is 31.2 Å². The van der Waals surface area contributed by atoms with E-state index in [0.717, 1.165) is 0 Å². The Morgan fingerprint density at radius 3 is 3.13 bits per heavy atom. The van der Waals surface area contributed by atoms with Crippen molar-refractivity contribution in [3.8, 4) is 0 Å². The molecule has 0 fully saturated rings. The fourth-order valence-corrected chi connectivity index (χ4v) is 1.69. The normalized spacial score (nSPS) is 10.8. The van der Waals surface area contributed by atoms with Crippen molar-refractivity contribution in [1.82, 2.24) is 19.7 Å². The molecule has 0 amide bonds. The van der Waals surface area contributed by atoms with Crippen molar-refractivity contribution in [1.29, 1.82) is 0 Å². The van der Waals surface area contributed by atoms with E-state index < -0.39 is 0 Å². The van der Waals surface area contributed by atoms with E-state index in [4.69, 9.17) is 0 Å². The van der Waals surface area contributed by atoms with Crippen molar-refractivity contribution < 1.29 is 4.79 Å². The average molecular weight is 269 g/mol. The molecule has 2 aromatic rings. The van der Waals surface area contributed by atoms with Gasteiger partial charge in [-0.25, -0.2) is 9.97 Å². The largest absolute Gasteiger partial charge is 0.313 e. The van der Waals surface area contributed by atoms with E-state index in [9.17, 15) is 4.79 Å². The third kappa shape index (κ3) is 1.91. The number of fused-ring (bicyclic) bond motifs is 1. The number of hydrogen-bond donors (Lipinski definition) is 1. The van der Waals surface area contributed by atoms with Crippen LogP contribution in [0.1, 0.15) is 10.5 Å². The molecule has 1 N–H and O–H groups in total. The van der Waals surface area contributed by atoms with Crippen molar-refractivity contribution in [2.75, 3.05) is 13.6 Å². The van der Waals surface area contributed by atoms with Gasteiger partial charge in [0.2, 0.25) is 0 Å². The highest BCUT2D eigenvalue weighted by molar-refractivity contribution is 9.10. The number of hydrogen-bond acceptors (Lipinski definition) is 4. The SMILES string of the molecule is CNCC(=O)c1cn2ccnc(Br)c2n1. The van der Waals surface area contributed by atoms with Crippen LogP contribution in [0.3, 0.4) is 0 Å². The lowest BCUT2D eigenvalue weighted by Crippen LogP contribution is -2.18. The second-order valence-corrected chi connectivity index (χ2v) is 3.78. The second kappa shape index (κ2) is 4.08. The van der Waals surface area contributed by atoms with Gasteiger partial charge >= 0.3 is 0 Å². The summed E-state index contributed by atoms with van der Waals surface area (Å²) in [6, 6.07) is 0. The molecule has 0 atom stereocenters. The van der Waals surface area contributed by atoms with E-state index in [1.807, 2.05) is 0 Å². The van der Waals surface area contributed by atoms with Crippen LogP contribution in [0.4, 0.5) is 0 Å². The summed E-state index contributed by atoms with van der Waals surface area (Å²) in [7, 11) is 1.73. The Morgan fingerprint density at radius 1 is 1.67 bits per heavy atom. The maximum atomic E-state index is 11.6. The summed E-state index contributed by atoms with van der Waals surface area (Å²) in [5, 5.41) is 2.80. The number of carbonyl (C=O) groups is 1. The molecule has 0 bridgehead atoms. The molecule has 0 saturated carbocycles. The quantitative estimate of drug-likeness (QED) is 0.841. The van der Waals surface area contributed by atoms with Gasteiger partial charge in [-0.2, -0.15) is 0 Å². The summed E-state index contributed by atoms with van der Waals surface area (Å²) < 4.78 is 2.40. The number of imidazole rings is 1. The van der Waals surface area contributed by atoms with Gasteiger partial charge in [0, 0.05) is 18.6 Å². The van der Waals surface area contributed by atoms with Crippen LogP contribution in [0, 0.1) is 0 Å². The summed E-state index contributed by atoms with van der Waals surface area (Å²) >= 11 is 3.28. The van der Waals surface area contributed by atoms with Crippen LogP contribution < -0.4 is 5.32 Å². The third-order valence-corrected chi connectivity index (χ3v) is 2.51. The highest BCUT2D eigenvalue weighted by Crippen LogP contribution is 2.14. The molecule has 2 heterocycles. The fraction of sp³-hybridized carbons (Fsp3) is 0.222. The standard InChI is InChI=1S/C9H9BrN4O/c1-11-4-7(15)6-5-14-3-2-12-8(10)9(14)13-6/h2-3,5,11H,4H2,1H3. The first-order valence-electron chi connectivity index (χ1n) is 4.39. The molecule has 15 heavy (non-hydrogen) atoms. The van der Waals surface area contributed by atoms with Gasteiger partial charge in [-0.15, -0.1) is 0 Å². The molecule has 0 aliphatic carbocycles. The lowest BCUT2D eigenvalue weighted by molar-refractivity contribution is 0.0989. The van der Waals surface area contributed by atoms with Crippen molar-refractivity contribution in [3.63, 3.8) is 0 Å². The van der Waals surface area contributed by atoms with Gasteiger partial charge in [0.1, 0.15) is 10.3 Å². The minimum absolute atomic E-state index is 0.0342. The number of aromatic nitrogens is 3. The summed E-state index contributed by atoms with van der Waals surface area (Å²) in [6.45, 7) is 0.287. The number of carbonyl (C=O) groups excluding carboxylic acids is 1. The van der Waals surface area contributed by atoms with E-state index in [0.29, 0.717) is 15.9 Å².